The van der Waals surface area contributed by atoms with Crippen LogP contribution in [0.5, 0.6) is 17.2 Å². The topological polar surface area (TPSA) is 193 Å². The van der Waals surface area contributed by atoms with Crippen molar-refractivity contribution in [3.8, 4) is 28.6 Å². The molecular formula is C56H55FN6O10. The molecule has 5 aliphatic rings. The number of carbonyl (C=O) groups excluding carboxylic acids is 4. The van der Waals surface area contributed by atoms with E-state index in [0.29, 0.717) is 116 Å². The number of phenolic OH excluding ortho intramolecular Hbond substituents is 2. The number of nitrogens with one attached hydrogen (secondary N) is 1. The number of carbonyl (C=O) groups is 4. The molecule has 11 rings (SSSR count). The molecule has 0 saturated carbocycles. The van der Waals surface area contributed by atoms with E-state index in [-0.39, 0.29) is 66.0 Å². The van der Waals surface area contributed by atoms with E-state index in [1.54, 1.807) is 51.6 Å². The lowest BCUT2D eigenvalue weighted by Crippen LogP contribution is -2.49. The minimum atomic E-state index is -0.659. The number of esters is 1. The summed E-state index contributed by atoms with van der Waals surface area (Å²) in [5.41, 5.74) is 9.78. The first kappa shape index (κ1) is 47.5. The predicted octanol–water partition coefficient (Wildman–Crippen LogP) is 8.34. The normalized spacial score (nSPS) is 17.8. The number of halogens is 1. The third kappa shape index (κ3) is 8.58. The number of benzene rings is 4. The van der Waals surface area contributed by atoms with Crippen molar-refractivity contribution in [3.05, 3.63) is 150 Å². The molecule has 2 atom stereocenters. The van der Waals surface area contributed by atoms with Crippen molar-refractivity contribution >= 4 is 35.0 Å². The standard InChI is InChI=1S/C56H55FN6O10/c1-5-36-39-20-46-51-41(26-63(46)53(67)42(39)28-71-54(36)68)50-44(13-12-37-30(4)43(57)21-45(58-51)49(37)50)59-55(69)72-27-31-7-10-35(11-8-31)73-56(70)61-16-14-60(15-17-61)23-32-6-9-33-24-62(25-34(33)18-32)52(66)40-19-38(29(2)3)47(64)22-48(40)65/h6-11,18-22,29,36,44,64-65H,5,12-17,23-28H2,1-4H3,(H,59,69). The van der Waals surface area contributed by atoms with Crippen molar-refractivity contribution in [2.45, 2.75) is 104 Å². The van der Waals surface area contributed by atoms with Crippen LogP contribution >= 0.6 is 0 Å². The number of aromatic nitrogens is 2. The Labute approximate surface area is 419 Å². The number of aryl methyl sites for hydroxylation is 1. The number of amides is 3. The first-order chi connectivity index (χ1) is 35.1. The molecule has 1 aliphatic carbocycles. The predicted molar refractivity (Wildman–Crippen MR) is 266 cm³/mol. The lowest BCUT2D eigenvalue weighted by molar-refractivity contribution is -0.148. The molecule has 16 nitrogen and oxygen atoms in total. The van der Waals surface area contributed by atoms with Crippen molar-refractivity contribution in [2.75, 3.05) is 26.2 Å². The average Bonchev–Trinajstić information content (AvgIpc) is 3.97. The van der Waals surface area contributed by atoms with Crippen LogP contribution in [0.3, 0.4) is 0 Å². The number of cyclic esters (lactones) is 1. The third-order valence-corrected chi connectivity index (χ3v) is 15.3. The quantitative estimate of drug-likeness (QED) is 0.117. The molecule has 2 unspecified atom stereocenters. The van der Waals surface area contributed by atoms with E-state index in [9.17, 15) is 34.2 Å². The molecule has 4 aliphatic heterocycles. The van der Waals surface area contributed by atoms with Gasteiger partial charge in [0, 0.05) is 68.9 Å². The number of nitrogens with zero attached hydrogens (tertiary/aromatic N) is 5. The summed E-state index contributed by atoms with van der Waals surface area (Å²) in [7, 11) is 0. The Kier molecular flexibility index (Phi) is 12.2. The Morgan fingerprint density at radius 3 is 2.38 bits per heavy atom. The largest absolute Gasteiger partial charge is 0.508 e. The second-order valence-corrected chi connectivity index (χ2v) is 20.1. The average molecular weight is 991 g/mol. The first-order valence-corrected chi connectivity index (χ1v) is 24.9. The highest BCUT2D eigenvalue weighted by Gasteiger charge is 2.38. The number of hydrogen-bond donors (Lipinski definition) is 3. The highest BCUT2D eigenvalue weighted by atomic mass is 19.1. The second-order valence-electron chi connectivity index (χ2n) is 20.1. The van der Waals surface area contributed by atoms with Gasteiger partial charge >= 0.3 is 18.2 Å². The molecule has 0 spiro atoms. The molecule has 73 heavy (non-hydrogen) atoms. The van der Waals surface area contributed by atoms with Gasteiger partial charge in [-0.1, -0.05) is 51.1 Å². The molecule has 0 radical (unpaired) electrons. The summed E-state index contributed by atoms with van der Waals surface area (Å²) in [6.45, 7) is 11.2. The second kappa shape index (κ2) is 18.7. The number of pyridine rings is 2. The Morgan fingerprint density at radius 1 is 0.877 bits per heavy atom. The molecular weight excluding hydrogens is 936 g/mol. The van der Waals surface area contributed by atoms with Gasteiger partial charge in [-0.05, 0) is 106 Å². The third-order valence-electron chi connectivity index (χ3n) is 15.3. The van der Waals surface area contributed by atoms with Crippen molar-refractivity contribution < 1.29 is 48.0 Å². The van der Waals surface area contributed by atoms with Crippen LogP contribution in [0.2, 0.25) is 0 Å². The SMILES string of the molecule is CCC1C(=O)OCc2c1cc1n(c2=O)Cc2c-1nc1cc(F)c(C)c3c1c2C(NC(=O)OCc1ccc(OC(=O)N2CCN(Cc4ccc5c(c4)CN(C(=O)c4cc(C(C)C)c(O)cc4O)C5)CC2)cc1)CC3. The van der Waals surface area contributed by atoms with Gasteiger partial charge in [-0.3, -0.25) is 19.3 Å². The summed E-state index contributed by atoms with van der Waals surface area (Å²) in [5.74, 6) is -1.58. The minimum Gasteiger partial charge on any atom is -0.508 e. The monoisotopic (exact) mass is 990 g/mol. The zero-order valence-electron chi connectivity index (χ0n) is 41.0. The van der Waals surface area contributed by atoms with Gasteiger partial charge in [-0.25, -0.2) is 19.0 Å². The summed E-state index contributed by atoms with van der Waals surface area (Å²) in [4.78, 5) is 77.5. The van der Waals surface area contributed by atoms with Crippen molar-refractivity contribution in [2.24, 2.45) is 0 Å². The van der Waals surface area contributed by atoms with Crippen LogP contribution < -0.4 is 15.6 Å². The first-order valence-electron chi connectivity index (χ1n) is 24.9. The molecule has 3 N–H and O–H groups in total. The number of aromatic hydroxyl groups is 2. The van der Waals surface area contributed by atoms with Gasteiger partial charge in [-0.2, -0.15) is 0 Å². The van der Waals surface area contributed by atoms with Crippen LogP contribution in [0.1, 0.15) is 123 Å². The number of ether oxygens (including phenoxy) is 3. The van der Waals surface area contributed by atoms with Gasteiger partial charge in [0.05, 0.1) is 46.5 Å². The maximum atomic E-state index is 15.4. The van der Waals surface area contributed by atoms with Crippen LogP contribution in [0, 0.1) is 12.7 Å². The van der Waals surface area contributed by atoms with E-state index >= 15 is 4.39 Å². The highest BCUT2D eigenvalue weighted by molar-refractivity contribution is 5.98. The minimum absolute atomic E-state index is 0.0199. The maximum absolute atomic E-state index is 15.4. The summed E-state index contributed by atoms with van der Waals surface area (Å²) in [6.07, 6.45) is 0.295. The smallest absolute Gasteiger partial charge is 0.415 e. The summed E-state index contributed by atoms with van der Waals surface area (Å²) >= 11 is 0. The lowest BCUT2D eigenvalue weighted by Gasteiger charge is -2.34. The number of alkyl carbamates (subject to hydrolysis) is 1. The van der Waals surface area contributed by atoms with Crippen LogP contribution in [-0.2, 0) is 60.1 Å². The molecule has 17 heteroatoms. The Hall–Kier alpha value is -7.79. The maximum Gasteiger partial charge on any atom is 0.415 e. The van der Waals surface area contributed by atoms with Gasteiger partial charge in [0.15, 0.2) is 0 Å². The van der Waals surface area contributed by atoms with Gasteiger partial charge in [0.1, 0.15) is 36.3 Å². The number of rotatable bonds is 9. The zero-order valence-corrected chi connectivity index (χ0v) is 41.0. The summed E-state index contributed by atoms with van der Waals surface area (Å²) in [6, 6.07) is 18.5. The van der Waals surface area contributed by atoms with Crippen LogP contribution in [-0.4, -0.2) is 84.7 Å². The number of phenols is 2. The summed E-state index contributed by atoms with van der Waals surface area (Å²) < 4.78 is 33.8. The van der Waals surface area contributed by atoms with Crippen molar-refractivity contribution in [1.82, 2.24) is 29.6 Å². The molecule has 6 aromatic rings. The highest BCUT2D eigenvalue weighted by Crippen LogP contribution is 2.46. The van der Waals surface area contributed by atoms with E-state index < -0.39 is 24.1 Å². The summed E-state index contributed by atoms with van der Waals surface area (Å²) in [5, 5.41) is 24.6. The Bertz CT molecular complexity index is 3360. The van der Waals surface area contributed by atoms with Crippen molar-refractivity contribution in [3.63, 3.8) is 0 Å². The van der Waals surface area contributed by atoms with E-state index in [0.717, 1.165) is 38.8 Å². The molecule has 0 bridgehead atoms. The number of piperazine rings is 1. The van der Waals surface area contributed by atoms with E-state index in [1.807, 2.05) is 32.9 Å². The molecule has 4 aromatic carbocycles. The van der Waals surface area contributed by atoms with Crippen LogP contribution in [0.4, 0.5) is 14.0 Å². The molecule has 3 amide bonds. The van der Waals surface area contributed by atoms with Gasteiger partial charge in [0.2, 0.25) is 0 Å². The van der Waals surface area contributed by atoms with Gasteiger partial charge in [-0.15, -0.1) is 0 Å². The molecule has 2 aromatic heterocycles. The van der Waals surface area contributed by atoms with Crippen LogP contribution in [0.15, 0.2) is 71.5 Å². The fourth-order valence-corrected chi connectivity index (χ4v) is 11.3. The van der Waals surface area contributed by atoms with Crippen LogP contribution in [0.25, 0.3) is 22.3 Å². The van der Waals surface area contributed by atoms with E-state index in [1.165, 1.54) is 12.1 Å². The molecule has 1 saturated heterocycles. The molecule has 1 fully saturated rings. The van der Waals surface area contributed by atoms with Crippen molar-refractivity contribution in [1.29, 1.82) is 0 Å². The lowest BCUT2D eigenvalue weighted by atomic mass is 9.81. The van der Waals surface area contributed by atoms with Gasteiger partial charge in [0.25, 0.3) is 11.5 Å². The van der Waals surface area contributed by atoms with E-state index in [4.69, 9.17) is 19.2 Å². The molecule has 376 valence electrons. The van der Waals surface area contributed by atoms with Gasteiger partial charge < -0.3 is 44.1 Å². The zero-order chi connectivity index (χ0) is 51.0. The fourth-order valence-electron chi connectivity index (χ4n) is 11.3. The molecule has 6 heterocycles. The Morgan fingerprint density at radius 2 is 1.63 bits per heavy atom. The fraction of sp³-hybridized carbons (Fsp3) is 0.357. The Balaban J connectivity index is 0.687. The number of fused-ring (bicyclic) bond motifs is 6. The van der Waals surface area contributed by atoms with E-state index in [2.05, 4.69) is 22.3 Å². The number of hydrogen-bond acceptors (Lipinski definition) is 12.